The number of anilines is 3. The van der Waals surface area contributed by atoms with Crippen molar-refractivity contribution in [2.24, 2.45) is 0 Å². The van der Waals surface area contributed by atoms with Crippen molar-refractivity contribution >= 4 is 40.2 Å². The molecule has 11 rings (SSSR count). The molecule has 1 unspecified atom stereocenters. The number of hydrogen-bond acceptors (Lipinski definition) is 1. The molecule has 0 spiro atoms. The zero-order valence-electron chi connectivity index (χ0n) is 32.4. The summed E-state index contributed by atoms with van der Waals surface area (Å²) in [4.78, 5) is 2.61. The van der Waals surface area contributed by atoms with Crippen molar-refractivity contribution in [1.29, 1.82) is 0 Å². The van der Waals surface area contributed by atoms with Gasteiger partial charge in [-0.15, -0.1) is 0 Å². The van der Waals surface area contributed by atoms with E-state index in [1.54, 1.807) is 0 Å². The van der Waals surface area contributed by atoms with Crippen LogP contribution in [0.25, 0.3) is 44.5 Å². The van der Waals surface area contributed by atoms with Gasteiger partial charge in [0.05, 0.1) is 5.69 Å². The molecule has 0 fully saturated rings. The van der Waals surface area contributed by atoms with E-state index < -0.39 is 0 Å². The molecule has 0 aliphatic carbocycles. The maximum Gasteiger partial charge on any atom is 0.247 e. The lowest BCUT2D eigenvalue weighted by Gasteiger charge is -2.44. The molecule has 0 radical (unpaired) electrons. The first kappa shape index (κ1) is 34.1. The van der Waals surface area contributed by atoms with Gasteiger partial charge in [-0.1, -0.05) is 212 Å². The van der Waals surface area contributed by atoms with E-state index in [1.165, 1.54) is 100 Å². The molecule has 2 heterocycles. The number of para-hydroxylation sites is 2. The number of fused-ring (bicyclic) bond motifs is 4. The summed E-state index contributed by atoms with van der Waals surface area (Å²) in [5.74, 6) is -0.0159. The van der Waals surface area contributed by atoms with Crippen LogP contribution < -0.4 is 21.3 Å². The fraction of sp³-hybridized carbons (Fsp3) is 0.0357. The molecule has 2 aliphatic heterocycles. The quantitative estimate of drug-likeness (QED) is 0.154. The van der Waals surface area contributed by atoms with Gasteiger partial charge >= 0.3 is 0 Å². The Morgan fingerprint density at radius 3 is 1.38 bits per heavy atom. The molecule has 0 N–H and O–H groups in total. The minimum Gasteiger partial charge on any atom is -0.310 e. The van der Waals surface area contributed by atoms with Crippen molar-refractivity contribution in [3.05, 3.63) is 241 Å². The fourth-order valence-electron chi connectivity index (χ4n) is 9.94. The standard InChI is InChI=1S/C56H40BN/c1-38-36-48-54(53-43(39-20-6-2-7-21-39)29-18-30-44(53)40-22-8-3-9-23-40)47-28-14-15-33-49(47)57-50-34-16-17-35-51(50)58(52(37-38)55(48)57)56-45(41-24-10-4-11-25-41)31-19-32-46(56)42-26-12-5-13-27-42/h2-37,54H,1H3. The normalized spacial score (nSPS) is 13.7. The Morgan fingerprint density at radius 1 is 0.379 bits per heavy atom. The van der Waals surface area contributed by atoms with Gasteiger partial charge in [-0.25, -0.2) is 0 Å². The van der Waals surface area contributed by atoms with Crippen LogP contribution in [-0.2, 0) is 0 Å². The van der Waals surface area contributed by atoms with Crippen molar-refractivity contribution in [3.63, 3.8) is 0 Å². The Balaban J connectivity index is 1.26. The van der Waals surface area contributed by atoms with Crippen LogP contribution in [0.15, 0.2) is 218 Å². The van der Waals surface area contributed by atoms with Crippen molar-refractivity contribution in [2.45, 2.75) is 12.8 Å². The monoisotopic (exact) mass is 737 g/mol. The van der Waals surface area contributed by atoms with Gasteiger partial charge < -0.3 is 4.90 Å². The van der Waals surface area contributed by atoms with Crippen molar-refractivity contribution in [1.82, 2.24) is 0 Å². The summed E-state index contributed by atoms with van der Waals surface area (Å²) >= 11 is 0. The van der Waals surface area contributed by atoms with E-state index in [9.17, 15) is 0 Å². The predicted molar refractivity (Wildman–Crippen MR) is 246 cm³/mol. The molecule has 0 amide bonds. The summed E-state index contributed by atoms with van der Waals surface area (Å²) in [5.41, 5.74) is 22.9. The lowest BCUT2D eigenvalue weighted by atomic mass is 9.31. The van der Waals surface area contributed by atoms with E-state index in [1.807, 2.05) is 0 Å². The van der Waals surface area contributed by atoms with E-state index in [2.05, 4.69) is 230 Å². The highest BCUT2D eigenvalue weighted by molar-refractivity contribution is 6.99. The summed E-state index contributed by atoms with van der Waals surface area (Å²) in [5, 5.41) is 0. The Kier molecular flexibility index (Phi) is 8.29. The van der Waals surface area contributed by atoms with E-state index in [-0.39, 0.29) is 12.6 Å². The first-order valence-corrected chi connectivity index (χ1v) is 20.3. The van der Waals surface area contributed by atoms with Gasteiger partial charge in [-0.05, 0) is 85.6 Å². The first-order chi connectivity index (χ1) is 28.7. The Morgan fingerprint density at radius 2 is 0.828 bits per heavy atom. The summed E-state index contributed by atoms with van der Waals surface area (Å²) in [6.45, 7) is 2.35. The molecular weight excluding hydrogens is 697 g/mol. The van der Waals surface area contributed by atoms with Crippen LogP contribution in [0.3, 0.4) is 0 Å². The average Bonchev–Trinajstić information content (AvgIpc) is 3.29. The highest BCUT2D eigenvalue weighted by Crippen LogP contribution is 2.51. The van der Waals surface area contributed by atoms with Gasteiger partial charge in [0.1, 0.15) is 0 Å². The number of nitrogens with zero attached hydrogens (tertiary/aromatic N) is 1. The van der Waals surface area contributed by atoms with Crippen LogP contribution >= 0.6 is 0 Å². The predicted octanol–water partition coefficient (Wildman–Crippen LogP) is 12.5. The second kappa shape index (κ2) is 14.1. The number of rotatable bonds is 6. The van der Waals surface area contributed by atoms with Gasteiger partial charge in [0.2, 0.25) is 6.71 Å². The van der Waals surface area contributed by atoms with Crippen LogP contribution in [0.2, 0.25) is 0 Å². The van der Waals surface area contributed by atoms with Crippen LogP contribution in [0.1, 0.15) is 28.2 Å². The topological polar surface area (TPSA) is 3.24 Å². The molecule has 2 heteroatoms. The largest absolute Gasteiger partial charge is 0.310 e. The summed E-state index contributed by atoms with van der Waals surface area (Å²) < 4.78 is 0. The first-order valence-electron chi connectivity index (χ1n) is 20.3. The SMILES string of the molecule is Cc1cc2c3c(c1)N(c1c(-c4ccccc4)cccc1-c1ccccc1)c1ccccc1B3c1ccccc1C2c1c(-c2ccccc2)cccc1-c1ccccc1. The Bertz CT molecular complexity index is 2640. The number of hydrogen-bond donors (Lipinski definition) is 0. The van der Waals surface area contributed by atoms with Crippen molar-refractivity contribution in [2.75, 3.05) is 4.90 Å². The highest BCUT2D eigenvalue weighted by atomic mass is 15.2. The minimum atomic E-state index is -0.0159. The average molecular weight is 738 g/mol. The fourth-order valence-corrected chi connectivity index (χ4v) is 9.94. The lowest BCUT2D eigenvalue weighted by Crippen LogP contribution is -2.62. The molecule has 58 heavy (non-hydrogen) atoms. The third-order valence-electron chi connectivity index (χ3n) is 12.3. The smallest absolute Gasteiger partial charge is 0.247 e. The summed E-state index contributed by atoms with van der Waals surface area (Å²) in [6.07, 6.45) is 0. The third kappa shape index (κ3) is 5.48. The molecule has 1 nitrogen and oxygen atoms in total. The zero-order chi connectivity index (χ0) is 38.6. The number of benzene rings is 9. The Labute approximate surface area is 341 Å². The maximum atomic E-state index is 2.61. The minimum absolute atomic E-state index is 0.0159. The second-order valence-corrected chi connectivity index (χ2v) is 15.6. The molecule has 0 saturated heterocycles. The highest BCUT2D eigenvalue weighted by Gasteiger charge is 2.45. The molecule has 0 bridgehead atoms. The van der Waals surface area contributed by atoms with Gasteiger partial charge in [-0.2, -0.15) is 0 Å². The maximum absolute atomic E-state index is 2.61. The van der Waals surface area contributed by atoms with E-state index in [0.717, 1.165) is 0 Å². The molecule has 0 aromatic heterocycles. The third-order valence-corrected chi connectivity index (χ3v) is 12.3. The summed E-state index contributed by atoms with van der Waals surface area (Å²) in [7, 11) is 0. The molecule has 9 aromatic carbocycles. The van der Waals surface area contributed by atoms with Crippen LogP contribution in [0.5, 0.6) is 0 Å². The number of aryl methyl sites for hydroxylation is 1. The van der Waals surface area contributed by atoms with Crippen molar-refractivity contribution < 1.29 is 0 Å². The van der Waals surface area contributed by atoms with Crippen molar-refractivity contribution in [3.8, 4) is 44.5 Å². The van der Waals surface area contributed by atoms with Gasteiger partial charge in [0.25, 0.3) is 0 Å². The van der Waals surface area contributed by atoms with E-state index >= 15 is 0 Å². The van der Waals surface area contributed by atoms with Crippen LogP contribution in [-0.4, -0.2) is 6.71 Å². The molecular formula is C56H40BN. The van der Waals surface area contributed by atoms with Gasteiger partial charge in [-0.3, -0.25) is 0 Å². The molecule has 272 valence electrons. The van der Waals surface area contributed by atoms with Crippen LogP contribution in [0.4, 0.5) is 17.1 Å². The molecule has 2 aliphatic rings. The Hall–Kier alpha value is -7.16. The molecule has 0 saturated carbocycles. The zero-order valence-corrected chi connectivity index (χ0v) is 32.4. The second-order valence-electron chi connectivity index (χ2n) is 15.6. The van der Waals surface area contributed by atoms with E-state index in [0.29, 0.717) is 0 Å². The van der Waals surface area contributed by atoms with Gasteiger partial charge in [0.15, 0.2) is 0 Å². The molecule has 1 atom stereocenters. The van der Waals surface area contributed by atoms with E-state index in [4.69, 9.17) is 0 Å². The van der Waals surface area contributed by atoms with Crippen LogP contribution in [0, 0.1) is 6.92 Å². The summed E-state index contributed by atoms with van der Waals surface area (Å²) in [6, 6.07) is 80.8. The lowest BCUT2D eigenvalue weighted by molar-refractivity contribution is 0.985. The molecule has 9 aromatic rings. The van der Waals surface area contributed by atoms with Gasteiger partial charge in [0, 0.05) is 28.4 Å².